The van der Waals surface area contributed by atoms with Crippen LogP contribution in [-0.4, -0.2) is 0 Å². The molecule has 0 unspecified atom stereocenters. The molecule has 0 aromatic carbocycles. The van der Waals surface area contributed by atoms with Gasteiger partial charge in [0.05, 0.1) is 0 Å². The van der Waals surface area contributed by atoms with Gasteiger partial charge in [0.25, 0.3) is 0 Å². The highest BCUT2D eigenvalue weighted by molar-refractivity contribution is 4.83. The summed E-state index contributed by atoms with van der Waals surface area (Å²) in [5, 5.41) is 0. The second kappa shape index (κ2) is 5.48. The summed E-state index contributed by atoms with van der Waals surface area (Å²) in [5.41, 5.74) is 0. The van der Waals surface area contributed by atoms with Gasteiger partial charge in [0.15, 0.2) is 0 Å². The van der Waals surface area contributed by atoms with Crippen LogP contribution in [0.5, 0.6) is 0 Å². The minimum absolute atomic E-state index is 0.883. The van der Waals surface area contributed by atoms with E-state index in [4.69, 9.17) is 0 Å². The molecule has 0 heterocycles. The lowest BCUT2D eigenvalue weighted by Crippen LogP contribution is -1.54. The quantitative estimate of drug-likeness (QED) is 0.472. The van der Waals surface area contributed by atoms with Crippen molar-refractivity contribution in [2.24, 2.45) is 0 Å². The van der Waals surface area contributed by atoms with Crippen molar-refractivity contribution in [3.63, 3.8) is 0 Å². The molecule has 0 spiro atoms. The lowest BCUT2D eigenvalue weighted by atomic mass is 10.3. The second-order valence-corrected chi connectivity index (χ2v) is 1.33. The minimum Gasteiger partial charge on any atom is -0.0953 e. The van der Waals surface area contributed by atoms with Gasteiger partial charge in [0.2, 0.25) is 0 Å². The van der Waals surface area contributed by atoms with Crippen molar-refractivity contribution >= 4 is 0 Å². The fourth-order valence-corrected chi connectivity index (χ4v) is 0.333. The maximum atomic E-state index is 3.46. The Labute approximate surface area is 45.5 Å². The van der Waals surface area contributed by atoms with E-state index in [1.807, 2.05) is 0 Å². The van der Waals surface area contributed by atoms with Gasteiger partial charge in [-0.05, 0) is 18.9 Å². The molecular weight excluding hydrogens is 84.1 g/mol. The maximum absolute atomic E-state index is 3.46. The highest BCUT2D eigenvalue weighted by Gasteiger charge is 1.63. The second-order valence-electron chi connectivity index (χ2n) is 1.33. The molecule has 39 valence electrons. The third-order valence-electron chi connectivity index (χ3n) is 0.665. The van der Waals surface area contributed by atoms with Gasteiger partial charge in [0.1, 0.15) is 0 Å². The van der Waals surface area contributed by atoms with E-state index in [2.05, 4.69) is 31.7 Å². The van der Waals surface area contributed by atoms with Crippen LogP contribution in [0.25, 0.3) is 0 Å². The van der Waals surface area contributed by atoms with Crippen LogP contribution in [0, 0.1) is 6.08 Å². The first-order chi connectivity index (χ1) is 3.41. The highest BCUT2D eigenvalue weighted by Crippen LogP contribution is 1.83. The Balaban J connectivity index is 2.92. The molecule has 0 N–H and O–H groups in total. The van der Waals surface area contributed by atoms with Gasteiger partial charge in [-0.2, -0.15) is 0 Å². The molecule has 0 saturated heterocycles. The first-order valence-corrected chi connectivity index (χ1v) is 2.56. The number of rotatable bonds is 3. The molecule has 0 amide bonds. The van der Waals surface area contributed by atoms with E-state index in [0.717, 1.165) is 12.8 Å². The molecular formula is C7H11. The third kappa shape index (κ3) is 5.48. The minimum atomic E-state index is 0.883. The van der Waals surface area contributed by atoms with Gasteiger partial charge >= 0.3 is 0 Å². The predicted octanol–water partition coefficient (Wildman–Crippen LogP) is 2.33. The van der Waals surface area contributed by atoms with Gasteiger partial charge in [-0.15, -0.1) is 0 Å². The molecule has 0 aromatic heterocycles. The molecule has 0 heteroatoms. The van der Waals surface area contributed by atoms with Crippen molar-refractivity contribution in [3.05, 3.63) is 24.8 Å². The Kier molecular flexibility index (Phi) is 5.07. The molecule has 1 radical (unpaired) electrons. The van der Waals surface area contributed by atoms with Crippen molar-refractivity contribution < 1.29 is 0 Å². The van der Waals surface area contributed by atoms with Gasteiger partial charge in [-0.25, -0.2) is 0 Å². The van der Waals surface area contributed by atoms with E-state index < -0.39 is 0 Å². The van der Waals surface area contributed by atoms with E-state index in [1.54, 1.807) is 0 Å². The standard InChI is InChI=1S/C7H11/c1-3-5-7-6-4-2/h6-7H,1,4-5H2,2H3. The van der Waals surface area contributed by atoms with Crippen LogP contribution >= 0.6 is 0 Å². The summed E-state index contributed by atoms with van der Waals surface area (Å²) in [6.45, 7) is 5.57. The summed E-state index contributed by atoms with van der Waals surface area (Å²) in [6.07, 6.45) is 8.93. The Morgan fingerprint density at radius 1 is 1.57 bits per heavy atom. The molecule has 0 aliphatic carbocycles. The summed E-state index contributed by atoms with van der Waals surface area (Å²) >= 11 is 0. The lowest BCUT2D eigenvalue weighted by molar-refractivity contribution is 1.19. The number of hydrogen-bond donors (Lipinski definition) is 0. The van der Waals surface area contributed by atoms with Crippen molar-refractivity contribution in [1.29, 1.82) is 0 Å². The molecule has 7 heavy (non-hydrogen) atoms. The summed E-state index contributed by atoms with van der Waals surface area (Å²) in [7, 11) is 0. The van der Waals surface area contributed by atoms with Crippen LogP contribution < -0.4 is 0 Å². The molecule has 0 atom stereocenters. The molecule has 0 rings (SSSR count). The van der Waals surface area contributed by atoms with E-state index in [0.29, 0.717) is 0 Å². The van der Waals surface area contributed by atoms with Crippen LogP contribution in [0.4, 0.5) is 0 Å². The van der Waals surface area contributed by atoms with Crippen LogP contribution in [-0.2, 0) is 0 Å². The Morgan fingerprint density at radius 3 is 2.71 bits per heavy atom. The van der Waals surface area contributed by atoms with Crippen LogP contribution in [0.15, 0.2) is 18.7 Å². The smallest absolute Gasteiger partial charge is 0.0101 e. The number of allylic oxidation sites excluding steroid dienone is 3. The zero-order valence-corrected chi connectivity index (χ0v) is 4.78. The van der Waals surface area contributed by atoms with E-state index in [9.17, 15) is 0 Å². The van der Waals surface area contributed by atoms with E-state index in [-0.39, 0.29) is 0 Å². The molecule has 0 saturated carbocycles. The first-order valence-electron chi connectivity index (χ1n) is 2.56. The molecule has 0 aromatic rings. The molecule has 0 aliphatic heterocycles. The molecule has 0 nitrogen and oxygen atoms in total. The lowest BCUT2D eigenvalue weighted by Gasteiger charge is -1.74. The van der Waals surface area contributed by atoms with Crippen molar-refractivity contribution in [2.45, 2.75) is 19.8 Å². The van der Waals surface area contributed by atoms with Crippen molar-refractivity contribution in [1.82, 2.24) is 0 Å². The average molecular weight is 95.2 g/mol. The Morgan fingerprint density at radius 2 is 2.29 bits per heavy atom. The molecule has 0 aliphatic rings. The first kappa shape index (κ1) is 6.48. The summed E-state index contributed by atoms with van der Waals surface area (Å²) in [6, 6.07) is 0. The summed E-state index contributed by atoms with van der Waals surface area (Å²) in [5.74, 6) is 0. The van der Waals surface area contributed by atoms with Gasteiger partial charge < -0.3 is 0 Å². The zero-order chi connectivity index (χ0) is 5.54. The molecule has 0 fully saturated rings. The van der Waals surface area contributed by atoms with Gasteiger partial charge in [-0.3, -0.25) is 0 Å². The highest BCUT2D eigenvalue weighted by atomic mass is 13.7. The van der Waals surface area contributed by atoms with Crippen LogP contribution in [0.3, 0.4) is 0 Å². The van der Waals surface area contributed by atoms with Crippen LogP contribution in [0.2, 0.25) is 0 Å². The topological polar surface area (TPSA) is 0 Å². The number of hydrogen-bond acceptors (Lipinski definition) is 0. The maximum Gasteiger partial charge on any atom is -0.0101 e. The predicted molar refractivity (Wildman–Crippen MR) is 32.9 cm³/mol. The van der Waals surface area contributed by atoms with Gasteiger partial charge in [-0.1, -0.05) is 25.7 Å². The third-order valence-corrected chi connectivity index (χ3v) is 0.665. The van der Waals surface area contributed by atoms with E-state index in [1.165, 1.54) is 0 Å². The zero-order valence-electron chi connectivity index (χ0n) is 4.78. The molecule has 0 bridgehead atoms. The van der Waals surface area contributed by atoms with Crippen molar-refractivity contribution in [3.8, 4) is 0 Å². The summed E-state index contributed by atoms with van der Waals surface area (Å²) < 4.78 is 0. The normalized spacial score (nSPS) is 9.86. The largest absolute Gasteiger partial charge is 0.0953 e. The van der Waals surface area contributed by atoms with Crippen LogP contribution in [0.1, 0.15) is 19.8 Å². The van der Waals surface area contributed by atoms with Crippen molar-refractivity contribution in [2.75, 3.05) is 0 Å². The Bertz CT molecular complexity index is 60.4. The fourth-order valence-electron chi connectivity index (χ4n) is 0.333. The summed E-state index contributed by atoms with van der Waals surface area (Å²) in [4.78, 5) is 0. The Hall–Kier alpha value is -0.520. The fraction of sp³-hybridized carbons (Fsp3) is 0.429. The van der Waals surface area contributed by atoms with Gasteiger partial charge in [0, 0.05) is 0 Å². The average Bonchev–Trinajstić information content (AvgIpc) is 1.69. The SMILES string of the molecule is C=[C]CC=CCC. The monoisotopic (exact) mass is 95.1 g/mol. The van der Waals surface area contributed by atoms with E-state index >= 15 is 0 Å².